The second-order valence-electron chi connectivity index (χ2n) is 8.46. The molecule has 1 atom stereocenters. The van der Waals surface area contributed by atoms with Crippen LogP contribution in [0.5, 0.6) is 5.75 Å². The molecule has 9 heteroatoms. The summed E-state index contributed by atoms with van der Waals surface area (Å²) < 4.78 is 40.0. The van der Waals surface area contributed by atoms with E-state index in [1.54, 1.807) is 0 Å². The SMILES string of the molecule is CC(CCOc1c(Br)cnn(-c2ccc(F)c(F)c2)c1=O)O[Si](C)(C)C(C)(C)C. The molecule has 0 amide bonds. The van der Waals surface area contributed by atoms with Crippen LogP contribution in [0.25, 0.3) is 5.69 Å². The van der Waals surface area contributed by atoms with Gasteiger partial charge >= 0.3 is 5.56 Å². The second kappa shape index (κ2) is 9.05. The predicted molar refractivity (Wildman–Crippen MR) is 115 cm³/mol. The molecule has 160 valence electrons. The van der Waals surface area contributed by atoms with E-state index >= 15 is 0 Å². The van der Waals surface area contributed by atoms with Gasteiger partial charge in [0.1, 0.15) is 0 Å². The lowest BCUT2D eigenvalue weighted by molar-refractivity contribution is 0.160. The number of halogens is 3. The fourth-order valence-electron chi connectivity index (χ4n) is 2.41. The van der Waals surface area contributed by atoms with Crippen LogP contribution in [0.15, 0.2) is 33.7 Å². The van der Waals surface area contributed by atoms with E-state index < -0.39 is 25.5 Å². The Labute approximate surface area is 179 Å². The van der Waals surface area contributed by atoms with Crippen molar-refractivity contribution in [2.75, 3.05) is 6.61 Å². The van der Waals surface area contributed by atoms with Crippen molar-refractivity contribution in [1.82, 2.24) is 9.78 Å². The molecule has 1 unspecified atom stereocenters. The number of aromatic nitrogens is 2. The van der Waals surface area contributed by atoms with E-state index in [1.165, 1.54) is 12.3 Å². The molecule has 0 saturated carbocycles. The monoisotopic (exact) mass is 488 g/mol. The van der Waals surface area contributed by atoms with Crippen molar-refractivity contribution in [3.8, 4) is 11.4 Å². The van der Waals surface area contributed by atoms with Gasteiger partial charge in [-0.2, -0.15) is 9.78 Å². The van der Waals surface area contributed by atoms with Crippen LogP contribution >= 0.6 is 15.9 Å². The van der Waals surface area contributed by atoms with Crippen molar-refractivity contribution < 1.29 is 17.9 Å². The first-order chi connectivity index (χ1) is 13.3. The minimum absolute atomic E-state index is 0.0232. The van der Waals surface area contributed by atoms with Crippen LogP contribution in [-0.4, -0.2) is 30.8 Å². The van der Waals surface area contributed by atoms with E-state index in [0.717, 1.165) is 16.8 Å². The molecule has 0 aliphatic carbocycles. The van der Waals surface area contributed by atoms with Gasteiger partial charge < -0.3 is 9.16 Å². The van der Waals surface area contributed by atoms with Gasteiger partial charge in [-0.05, 0) is 53.1 Å². The topological polar surface area (TPSA) is 53.4 Å². The van der Waals surface area contributed by atoms with Crippen LogP contribution < -0.4 is 10.3 Å². The van der Waals surface area contributed by atoms with Crippen LogP contribution in [0.1, 0.15) is 34.1 Å². The Balaban J connectivity index is 2.12. The van der Waals surface area contributed by atoms with E-state index in [0.29, 0.717) is 10.9 Å². The number of nitrogens with zero attached hydrogens (tertiary/aromatic N) is 2. The van der Waals surface area contributed by atoms with Crippen LogP contribution in [0, 0.1) is 11.6 Å². The fraction of sp³-hybridized carbons (Fsp3) is 0.500. The van der Waals surface area contributed by atoms with E-state index in [4.69, 9.17) is 9.16 Å². The van der Waals surface area contributed by atoms with Crippen molar-refractivity contribution in [3.05, 3.63) is 50.9 Å². The first-order valence-corrected chi connectivity index (χ1v) is 13.1. The minimum atomic E-state index is -1.89. The summed E-state index contributed by atoms with van der Waals surface area (Å²) in [6, 6.07) is 3.14. The molecule has 0 bridgehead atoms. The van der Waals surface area contributed by atoms with Crippen LogP contribution in [0.2, 0.25) is 18.1 Å². The maximum Gasteiger partial charge on any atom is 0.314 e. The molecule has 29 heavy (non-hydrogen) atoms. The molecule has 0 spiro atoms. The molecule has 0 radical (unpaired) electrons. The van der Waals surface area contributed by atoms with Gasteiger partial charge in [0.15, 0.2) is 20.0 Å². The molecule has 1 aromatic heterocycles. The highest BCUT2D eigenvalue weighted by Gasteiger charge is 2.38. The number of benzene rings is 1. The summed E-state index contributed by atoms with van der Waals surface area (Å²) in [5.74, 6) is -1.99. The lowest BCUT2D eigenvalue weighted by Gasteiger charge is -2.38. The Morgan fingerprint density at radius 2 is 1.90 bits per heavy atom. The van der Waals surface area contributed by atoms with Gasteiger partial charge in [0, 0.05) is 18.6 Å². The number of rotatable bonds is 7. The Hall–Kier alpha value is -1.58. The predicted octanol–water partition coefficient (Wildman–Crippen LogP) is 5.45. The van der Waals surface area contributed by atoms with Crippen molar-refractivity contribution in [3.63, 3.8) is 0 Å². The maximum atomic E-state index is 13.5. The average Bonchev–Trinajstić information content (AvgIpc) is 2.59. The fourth-order valence-corrected chi connectivity index (χ4v) is 4.27. The summed E-state index contributed by atoms with van der Waals surface area (Å²) in [5, 5.41) is 4.07. The highest BCUT2D eigenvalue weighted by atomic mass is 79.9. The maximum absolute atomic E-state index is 13.5. The standard InChI is InChI=1S/C20H27BrF2N2O3Si/c1-13(28-29(5,6)20(2,3)4)9-10-27-18-15(21)12-24-25(19(18)26)14-7-8-16(22)17(23)11-14/h7-8,11-13H,9-10H2,1-6H3. The summed E-state index contributed by atoms with van der Waals surface area (Å²) in [7, 11) is -1.89. The Morgan fingerprint density at radius 3 is 2.48 bits per heavy atom. The zero-order valence-electron chi connectivity index (χ0n) is 17.6. The van der Waals surface area contributed by atoms with Gasteiger partial charge in [-0.1, -0.05) is 20.8 Å². The highest BCUT2D eigenvalue weighted by Crippen LogP contribution is 2.37. The van der Waals surface area contributed by atoms with E-state index in [2.05, 4.69) is 54.9 Å². The van der Waals surface area contributed by atoms with Gasteiger partial charge in [0.2, 0.25) is 5.75 Å². The van der Waals surface area contributed by atoms with Gasteiger partial charge in [0.05, 0.1) is 23.0 Å². The van der Waals surface area contributed by atoms with Crippen LogP contribution in [-0.2, 0) is 4.43 Å². The molecule has 0 aliphatic rings. The van der Waals surface area contributed by atoms with E-state index in [1.807, 2.05) is 6.92 Å². The quantitative estimate of drug-likeness (QED) is 0.486. The molecule has 0 N–H and O–H groups in total. The molecular weight excluding hydrogens is 462 g/mol. The second-order valence-corrected chi connectivity index (χ2v) is 14.1. The largest absolute Gasteiger partial charge is 0.487 e. The van der Waals surface area contributed by atoms with Gasteiger partial charge in [-0.15, -0.1) is 0 Å². The number of ether oxygens (including phenoxy) is 1. The lowest BCUT2D eigenvalue weighted by atomic mass is 10.2. The Bertz CT molecular complexity index is 929. The minimum Gasteiger partial charge on any atom is -0.487 e. The van der Waals surface area contributed by atoms with E-state index in [-0.39, 0.29) is 29.2 Å². The molecule has 2 rings (SSSR count). The summed E-state index contributed by atoms with van der Waals surface area (Å²) in [5.41, 5.74) is -0.454. The first-order valence-electron chi connectivity index (χ1n) is 9.37. The van der Waals surface area contributed by atoms with Crippen LogP contribution in [0.4, 0.5) is 8.78 Å². The first kappa shape index (κ1) is 23.7. The van der Waals surface area contributed by atoms with Crippen molar-refractivity contribution in [1.29, 1.82) is 0 Å². The van der Waals surface area contributed by atoms with Crippen molar-refractivity contribution in [2.45, 2.75) is 58.4 Å². The van der Waals surface area contributed by atoms with Gasteiger partial charge in [0.25, 0.3) is 0 Å². The molecule has 5 nitrogen and oxygen atoms in total. The third-order valence-corrected chi connectivity index (χ3v) is 10.3. The van der Waals surface area contributed by atoms with Gasteiger partial charge in [-0.25, -0.2) is 8.78 Å². The zero-order chi connectivity index (χ0) is 22.0. The molecule has 0 saturated heterocycles. The molecule has 2 aromatic rings. The summed E-state index contributed by atoms with van der Waals surface area (Å²) in [4.78, 5) is 12.7. The lowest BCUT2D eigenvalue weighted by Crippen LogP contribution is -2.43. The molecule has 0 fully saturated rings. The zero-order valence-corrected chi connectivity index (χ0v) is 20.1. The molecule has 0 aliphatic heterocycles. The molecule has 1 aromatic carbocycles. The summed E-state index contributed by atoms with van der Waals surface area (Å²) in [6.07, 6.45) is 1.96. The van der Waals surface area contributed by atoms with Crippen molar-refractivity contribution >= 4 is 24.2 Å². The van der Waals surface area contributed by atoms with Gasteiger partial charge in [-0.3, -0.25) is 4.79 Å². The van der Waals surface area contributed by atoms with E-state index in [9.17, 15) is 13.6 Å². The van der Waals surface area contributed by atoms with Crippen LogP contribution in [0.3, 0.4) is 0 Å². The summed E-state index contributed by atoms with van der Waals surface area (Å²) >= 11 is 3.26. The normalized spacial score (nSPS) is 13.4. The average molecular weight is 489 g/mol. The smallest absolute Gasteiger partial charge is 0.314 e. The molecular formula is C20H27BrF2N2O3Si. The Morgan fingerprint density at radius 1 is 1.24 bits per heavy atom. The summed E-state index contributed by atoms with van der Waals surface area (Å²) in [6.45, 7) is 13.2. The number of hydrogen-bond acceptors (Lipinski definition) is 4. The van der Waals surface area contributed by atoms with Crippen molar-refractivity contribution in [2.24, 2.45) is 0 Å². The third-order valence-electron chi connectivity index (χ3n) is 5.11. The third kappa shape index (κ3) is 5.73. The number of hydrogen-bond donors (Lipinski definition) is 0. The highest BCUT2D eigenvalue weighted by molar-refractivity contribution is 9.10. The molecule has 1 heterocycles. The Kier molecular flexibility index (Phi) is 7.40.